The summed E-state index contributed by atoms with van der Waals surface area (Å²) in [6.07, 6.45) is 10.7. The Kier molecular flexibility index (Phi) is 8.06. The van der Waals surface area contributed by atoms with Crippen molar-refractivity contribution in [1.29, 1.82) is 0 Å². The van der Waals surface area contributed by atoms with E-state index in [-0.39, 0.29) is 12.0 Å². The summed E-state index contributed by atoms with van der Waals surface area (Å²) in [5.74, 6) is -0.0433. The van der Waals surface area contributed by atoms with E-state index in [1.54, 1.807) is 0 Å². The SMILES string of the molecule is CCCCCCCCOC(=O)[C@@H]1CCCCN1. The molecule has 1 rings (SSSR count). The summed E-state index contributed by atoms with van der Waals surface area (Å²) >= 11 is 0. The number of carbonyl (C=O) groups is 1. The smallest absolute Gasteiger partial charge is 0.323 e. The summed E-state index contributed by atoms with van der Waals surface area (Å²) in [5.41, 5.74) is 0. The lowest BCUT2D eigenvalue weighted by Crippen LogP contribution is -2.41. The lowest BCUT2D eigenvalue weighted by molar-refractivity contribution is -0.146. The van der Waals surface area contributed by atoms with Crippen LogP contribution in [0.5, 0.6) is 0 Å². The molecule has 0 spiro atoms. The fraction of sp³-hybridized carbons (Fsp3) is 0.929. The van der Waals surface area contributed by atoms with E-state index in [2.05, 4.69) is 12.2 Å². The number of ether oxygens (including phenoxy) is 1. The van der Waals surface area contributed by atoms with Crippen LogP contribution in [-0.4, -0.2) is 25.2 Å². The first-order chi connectivity index (χ1) is 8.34. The molecule has 100 valence electrons. The topological polar surface area (TPSA) is 38.3 Å². The van der Waals surface area contributed by atoms with Gasteiger partial charge in [0.25, 0.3) is 0 Å². The van der Waals surface area contributed by atoms with E-state index in [1.165, 1.54) is 38.5 Å². The minimum atomic E-state index is -0.0433. The molecule has 0 bridgehead atoms. The number of piperidine rings is 1. The highest BCUT2D eigenvalue weighted by atomic mass is 16.5. The molecule has 0 amide bonds. The van der Waals surface area contributed by atoms with Gasteiger partial charge in [-0.05, 0) is 25.8 Å². The van der Waals surface area contributed by atoms with E-state index in [1.807, 2.05) is 0 Å². The van der Waals surface area contributed by atoms with E-state index >= 15 is 0 Å². The summed E-state index contributed by atoms with van der Waals surface area (Å²) in [6.45, 7) is 3.78. The molecule has 1 saturated heterocycles. The first kappa shape index (κ1) is 14.5. The molecule has 1 N–H and O–H groups in total. The zero-order valence-corrected chi connectivity index (χ0v) is 11.2. The molecular weight excluding hydrogens is 214 g/mol. The molecule has 1 aliphatic heterocycles. The van der Waals surface area contributed by atoms with Crippen molar-refractivity contribution in [2.45, 2.75) is 70.8 Å². The van der Waals surface area contributed by atoms with Gasteiger partial charge in [0.1, 0.15) is 6.04 Å². The van der Waals surface area contributed by atoms with Gasteiger partial charge < -0.3 is 10.1 Å². The largest absolute Gasteiger partial charge is 0.465 e. The third kappa shape index (κ3) is 6.67. The minimum absolute atomic E-state index is 0.0381. The van der Waals surface area contributed by atoms with Crippen LogP contribution in [0.25, 0.3) is 0 Å². The zero-order chi connectivity index (χ0) is 12.3. The molecule has 0 aromatic rings. The maximum Gasteiger partial charge on any atom is 0.323 e. The second-order valence-electron chi connectivity index (χ2n) is 4.94. The molecule has 0 unspecified atom stereocenters. The Labute approximate surface area is 105 Å². The van der Waals surface area contributed by atoms with Crippen LogP contribution in [0.2, 0.25) is 0 Å². The van der Waals surface area contributed by atoms with Crippen molar-refractivity contribution < 1.29 is 9.53 Å². The quantitative estimate of drug-likeness (QED) is 0.524. The Morgan fingerprint density at radius 1 is 1.18 bits per heavy atom. The fourth-order valence-electron chi connectivity index (χ4n) is 2.21. The summed E-state index contributed by atoms with van der Waals surface area (Å²) < 4.78 is 5.29. The third-order valence-electron chi connectivity index (χ3n) is 3.34. The Bertz CT molecular complexity index is 200. The molecule has 0 saturated carbocycles. The van der Waals surface area contributed by atoms with Crippen LogP contribution in [0.3, 0.4) is 0 Å². The van der Waals surface area contributed by atoms with Gasteiger partial charge >= 0.3 is 5.97 Å². The normalized spacial score (nSPS) is 20.2. The van der Waals surface area contributed by atoms with E-state index in [0.717, 1.165) is 25.8 Å². The van der Waals surface area contributed by atoms with Gasteiger partial charge in [-0.1, -0.05) is 45.4 Å². The Hall–Kier alpha value is -0.570. The highest BCUT2D eigenvalue weighted by molar-refractivity contribution is 5.75. The molecule has 17 heavy (non-hydrogen) atoms. The Morgan fingerprint density at radius 3 is 2.65 bits per heavy atom. The zero-order valence-electron chi connectivity index (χ0n) is 11.2. The Balaban J connectivity index is 1.92. The van der Waals surface area contributed by atoms with Crippen molar-refractivity contribution in [3.63, 3.8) is 0 Å². The minimum Gasteiger partial charge on any atom is -0.465 e. The predicted octanol–water partition coefficient (Wildman–Crippen LogP) is 3.03. The number of esters is 1. The lowest BCUT2D eigenvalue weighted by Gasteiger charge is -2.21. The highest BCUT2D eigenvalue weighted by Gasteiger charge is 2.21. The first-order valence-corrected chi connectivity index (χ1v) is 7.24. The monoisotopic (exact) mass is 241 g/mol. The number of carbonyl (C=O) groups excluding carboxylic acids is 1. The highest BCUT2D eigenvalue weighted by Crippen LogP contribution is 2.09. The molecule has 1 fully saturated rings. The molecule has 1 heterocycles. The maximum absolute atomic E-state index is 11.6. The average Bonchev–Trinajstić information content (AvgIpc) is 2.38. The van der Waals surface area contributed by atoms with Gasteiger partial charge in [0.05, 0.1) is 6.61 Å². The predicted molar refractivity (Wildman–Crippen MR) is 70.0 cm³/mol. The summed E-state index contributed by atoms with van der Waals surface area (Å²) in [7, 11) is 0. The van der Waals surface area contributed by atoms with Crippen LogP contribution in [-0.2, 0) is 9.53 Å². The average molecular weight is 241 g/mol. The van der Waals surface area contributed by atoms with Gasteiger partial charge in [-0.15, -0.1) is 0 Å². The van der Waals surface area contributed by atoms with Crippen molar-refractivity contribution >= 4 is 5.97 Å². The van der Waals surface area contributed by atoms with Crippen molar-refractivity contribution in [1.82, 2.24) is 5.32 Å². The van der Waals surface area contributed by atoms with Gasteiger partial charge in [0.15, 0.2) is 0 Å². The van der Waals surface area contributed by atoms with E-state index < -0.39 is 0 Å². The second kappa shape index (κ2) is 9.46. The molecule has 0 radical (unpaired) electrons. The first-order valence-electron chi connectivity index (χ1n) is 7.24. The van der Waals surface area contributed by atoms with Crippen molar-refractivity contribution in [2.24, 2.45) is 0 Å². The van der Waals surface area contributed by atoms with Crippen molar-refractivity contribution in [3.8, 4) is 0 Å². The molecule has 3 nitrogen and oxygen atoms in total. The maximum atomic E-state index is 11.6. The van der Waals surface area contributed by atoms with Gasteiger partial charge in [0, 0.05) is 0 Å². The number of hydrogen-bond acceptors (Lipinski definition) is 3. The van der Waals surface area contributed by atoms with Crippen LogP contribution >= 0.6 is 0 Å². The number of hydrogen-bond donors (Lipinski definition) is 1. The van der Waals surface area contributed by atoms with Crippen LogP contribution in [0.15, 0.2) is 0 Å². The van der Waals surface area contributed by atoms with E-state index in [4.69, 9.17) is 4.74 Å². The number of nitrogens with one attached hydrogen (secondary N) is 1. The molecule has 1 atom stereocenters. The summed E-state index contributed by atoms with van der Waals surface area (Å²) in [5, 5.41) is 3.21. The van der Waals surface area contributed by atoms with Crippen molar-refractivity contribution in [2.75, 3.05) is 13.2 Å². The van der Waals surface area contributed by atoms with E-state index in [9.17, 15) is 4.79 Å². The Morgan fingerprint density at radius 2 is 1.94 bits per heavy atom. The number of unbranched alkanes of at least 4 members (excludes halogenated alkanes) is 5. The summed E-state index contributed by atoms with van der Waals surface area (Å²) in [4.78, 5) is 11.6. The van der Waals surface area contributed by atoms with Crippen LogP contribution in [0.4, 0.5) is 0 Å². The fourth-order valence-corrected chi connectivity index (χ4v) is 2.21. The lowest BCUT2D eigenvalue weighted by atomic mass is 10.1. The third-order valence-corrected chi connectivity index (χ3v) is 3.34. The molecule has 0 aliphatic carbocycles. The van der Waals surface area contributed by atoms with Crippen LogP contribution < -0.4 is 5.32 Å². The van der Waals surface area contributed by atoms with Gasteiger partial charge in [-0.25, -0.2) is 0 Å². The summed E-state index contributed by atoms with van der Waals surface area (Å²) in [6, 6.07) is -0.0381. The molecule has 0 aromatic heterocycles. The van der Waals surface area contributed by atoms with Crippen LogP contribution in [0, 0.1) is 0 Å². The number of rotatable bonds is 8. The molecule has 1 aliphatic rings. The van der Waals surface area contributed by atoms with Crippen molar-refractivity contribution in [3.05, 3.63) is 0 Å². The second-order valence-corrected chi connectivity index (χ2v) is 4.94. The van der Waals surface area contributed by atoms with Gasteiger partial charge in [0.2, 0.25) is 0 Å². The van der Waals surface area contributed by atoms with Gasteiger partial charge in [-0.2, -0.15) is 0 Å². The van der Waals surface area contributed by atoms with Crippen LogP contribution in [0.1, 0.15) is 64.7 Å². The molecule has 3 heteroatoms. The van der Waals surface area contributed by atoms with Gasteiger partial charge in [-0.3, -0.25) is 4.79 Å². The van der Waals surface area contributed by atoms with E-state index in [0.29, 0.717) is 6.61 Å². The molecular formula is C14H27NO2. The standard InChI is InChI=1S/C14H27NO2/c1-2-3-4-5-6-9-12-17-14(16)13-10-7-8-11-15-13/h13,15H,2-12H2,1H3/t13-/m0/s1. The molecule has 0 aromatic carbocycles.